The van der Waals surface area contributed by atoms with Gasteiger partial charge in [-0.2, -0.15) is 4.98 Å². The molecule has 136 valence electrons. The van der Waals surface area contributed by atoms with Crippen molar-refractivity contribution in [1.82, 2.24) is 25.0 Å². The third-order valence-electron chi connectivity index (χ3n) is 4.63. The number of aryl methyl sites for hydroxylation is 2. The molecule has 3 aromatic rings. The number of rotatable bonds is 4. The smallest absolute Gasteiger partial charge is 0.233 e. The Balaban J connectivity index is 1.52. The number of aromatic nitrogens is 4. The van der Waals surface area contributed by atoms with Crippen LogP contribution in [0.2, 0.25) is 0 Å². The lowest BCUT2D eigenvalue weighted by atomic mass is 10.2. The van der Waals surface area contributed by atoms with Crippen LogP contribution in [0.5, 0.6) is 0 Å². The Hall–Kier alpha value is -2.32. The average Bonchev–Trinajstić information content (AvgIpc) is 3.22. The molecule has 0 aromatic carbocycles. The normalized spacial score (nSPS) is 15.6. The van der Waals surface area contributed by atoms with Crippen LogP contribution in [0.4, 0.5) is 5.69 Å². The molecule has 26 heavy (non-hydrogen) atoms. The molecule has 0 N–H and O–H groups in total. The fraction of sp³-hybridized carbons (Fsp3) is 0.444. The van der Waals surface area contributed by atoms with Gasteiger partial charge in [0.05, 0.1) is 17.1 Å². The summed E-state index contributed by atoms with van der Waals surface area (Å²) in [6.07, 6.45) is 2.37. The molecule has 0 saturated carbocycles. The molecule has 0 spiro atoms. The number of likely N-dealkylation sites (N-methyl/N-ethyl adjacent to an activating group) is 1. The fourth-order valence-electron chi connectivity index (χ4n) is 3.11. The van der Waals surface area contributed by atoms with E-state index >= 15 is 0 Å². The molecule has 4 rings (SSSR count). The molecular formula is C18H22N6OS. The second-order valence-electron chi connectivity index (χ2n) is 6.61. The zero-order chi connectivity index (χ0) is 18.1. The van der Waals surface area contributed by atoms with Crippen molar-refractivity contribution in [2.75, 3.05) is 38.1 Å². The summed E-state index contributed by atoms with van der Waals surface area (Å²) in [7, 11) is 2.15. The predicted octanol–water partition coefficient (Wildman–Crippen LogP) is 2.55. The van der Waals surface area contributed by atoms with E-state index in [4.69, 9.17) is 4.52 Å². The lowest BCUT2D eigenvalue weighted by Gasteiger charge is -2.34. The number of anilines is 1. The standard InChI is InChI=1S/C18H22N6OS/c1-12-15(20-13(2)26-12)11-17-21-18(22-25-17)16-10-14(4-5-19-16)24-8-6-23(3)7-9-24/h4-5,10H,6-9,11H2,1-3H3. The molecule has 3 aromatic heterocycles. The first kappa shape index (κ1) is 17.1. The minimum absolute atomic E-state index is 0.528. The SMILES string of the molecule is Cc1nc(Cc2nc(-c3cc(N4CCN(C)CC4)ccn3)no2)c(C)s1. The van der Waals surface area contributed by atoms with Gasteiger partial charge in [0.25, 0.3) is 0 Å². The van der Waals surface area contributed by atoms with Gasteiger partial charge in [0.1, 0.15) is 5.69 Å². The average molecular weight is 370 g/mol. The maximum absolute atomic E-state index is 5.43. The second kappa shape index (κ2) is 7.13. The highest BCUT2D eigenvalue weighted by Crippen LogP contribution is 2.23. The summed E-state index contributed by atoms with van der Waals surface area (Å²) in [5.41, 5.74) is 2.89. The summed E-state index contributed by atoms with van der Waals surface area (Å²) in [5.74, 6) is 1.10. The van der Waals surface area contributed by atoms with E-state index in [1.54, 1.807) is 11.3 Å². The first-order valence-electron chi connectivity index (χ1n) is 8.74. The van der Waals surface area contributed by atoms with Crippen molar-refractivity contribution in [3.8, 4) is 11.5 Å². The summed E-state index contributed by atoms with van der Waals surface area (Å²) < 4.78 is 5.43. The predicted molar refractivity (Wildman–Crippen MR) is 102 cm³/mol. The van der Waals surface area contributed by atoms with E-state index in [1.807, 2.05) is 25.3 Å². The van der Waals surface area contributed by atoms with E-state index in [1.165, 1.54) is 4.88 Å². The van der Waals surface area contributed by atoms with Crippen LogP contribution < -0.4 is 4.90 Å². The molecule has 0 radical (unpaired) electrons. The van der Waals surface area contributed by atoms with Crippen molar-refractivity contribution in [1.29, 1.82) is 0 Å². The van der Waals surface area contributed by atoms with Crippen molar-refractivity contribution in [2.24, 2.45) is 0 Å². The van der Waals surface area contributed by atoms with Crippen LogP contribution in [0.1, 0.15) is 21.5 Å². The van der Waals surface area contributed by atoms with Crippen molar-refractivity contribution in [3.05, 3.63) is 39.8 Å². The van der Waals surface area contributed by atoms with Crippen LogP contribution in [0.15, 0.2) is 22.9 Å². The molecule has 0 amide bonds. The van der Waals surface area contributed by atoms with Crippen LogP contribution in [-0.4, -0.2) is 58.2 Å². The quantitative estimate of drug-likeness (QED) is 0.699. The van der Waals surface area contributed by atoms with Crippen molar-refractivity contribution < 1.29 is 4.52 Å². The van der Waals surface area contributed by atoms with Gasteiger partial charge in [-0.25, -0.2) is 4.98 Å². The molecule has 8 heteroatoms. The minimum Gasteiger partial charge on any atom is -0.369 e. The summed E-state index contributed by atoms with van der Waals surface area (Å²) in [5, 5.41) is 5.17. The highest BCUT2D eigenvalue weighted by molar-refractivity contribution is 7.11. The van der Waals surface area contributed by atoms with Gasteiger partial charge < -0.3 is 14.3 Å². The largest absolute Gasteiger partial charge is 0.369 e. The first-order chi connectivity index (χ1) is 12.6. The Morgan fingerprint density at radius 1 is 1.15 bits per heavy atom. The van der Waals surface area contributed by atoms with Crippen LogP contribution in [-0.2, 0) is 6.42 Å². The van der Waals surface area contributed by atoms with E-state index in [2.05, 4.69) is 43.9 Å². The molecular weight excluding hydrogens is 348 g/mol. The fourth-order valence-corrected chi connectivity index (χ4v) is 3.95. The Morgan fingerprint density at radius 3 is 2.69 bits per heavy atom. The third kappa shape index (κ3) is 3.61. The van der Waals surface area contributed by atoms with E-state index < -0.39 is 0 Å². The number of nitrogens with zero attached hydrogens (tertiary/aromatic N) is 6. The maximum atomic E-state index is 5.43. The number of hydrogen-bond donors (Lipinski definition) is 0. The summed E-state index contributed by atoms with van der Waals surface area (Å²) in [6.45, 7) is 8.24. The van der Waals surface area contributed by atoms with Gasteiger partial charge in [0.15, 0.2) is 0 Å². The van der Waals surface area contributed by atoms with Gasteiger partial charge in [-0.05, 0) is 33.0 Å². The highest BCUT2D eigenvalue weighted by atomic mass is 32.1. The molecule has 1 fully saturated rings. The number of piperazine rings is 1. The Labute approximate surface area is 156 Å². The van der Waals surface area contributed by atoms with Gasteiger partial charge in [-0.1, -0.05) is 5.16 Å². The number of pyridine rings is 1. The maximum Gasteiger partial charge on any atom is 0.233 e. The van der Waals surface area contributed by atoms with Crippen LogP contribution in [0.3, 0.4) is 0 Å². The molecule has 0 bridgehead atoms. The molecule has 1 aliphatic heterocycles. The summed E-state index contributed by atoms with van der Waals surface area (Å²) in [4.78, 5) is 19.4. The zero-order valence-corrected chi connectivity index (χ0v) is 16.1. The van der Waals surface area contributed by atoms with Crippen LogP contribution in [0, 0.1) is 13.8 Å². The summed E-state index contributed by atoms with van der Waals surface area (Å²) >= 11 is 1.69. The molecule has 7 nitrogen and oxygen atoms in total. The van der Waals surface area contributed by atoms with Crippen molar-refractivity contribution in [3.63, 3.8) is 0 Å². The minimum atomic E-state index is 0.528. The lowest BCUT2D eigenvalue weighted by Crippen LogP contribution is -2.44. The number of hydrogen-bond acceptors (Lipinski definition) is 8. The van der Waals surface area contributed by atoms with E-state index in [-0.39, 0.29) is 0 Å². The third-order valence-corrected chi connectivity index (χ3v) is 5.56. The van der Waals surface area contributed by atoms with Gasteiger partial charge in [0.2, 0.25) is 11.7 Å². The van der Waals surface area contributed by atoms with Crippen LogP contribution in [0.25, 0.3) is 11.5 Å². The summed E-state index contributed by atoms with van der Waals surface area (Å²) in [6, 6.07) is 4.08. The van der Waals surface area contributed by atoms with E-state index in [0.29, 0.717) is 18.1 Å². The first-order valence-corrected chi connectivity index (χ1v) is 9.55. The molecule has 0 aliphatic carbocycles. The molecule has 1 saturated heterocycles. The zero-order valence-electron chi connectivity index (χ0n) is 15.3. The van der Waals surface area contributed by atoms with Crippen molar-refractivity contribution in [2.45, 2.75) is 20.3 Å². The number of thiazole rings is 1. The van der Waals surface area contributed by atoms with Crippen molar-refractivity contribution >= 4 is 17.0 Å². The van der Waals surface area contributed by atoms with Gasteiger partial charge >= 0.3 is 0 Å². The monoisotopic (exact) mass is 370 g/mol. The topological polar surface area (TPSA) is 71.2 Å². The molecule has 4 heterocycles. The van der Waals surface area contributed by atoms with Gasteiger partial charge in [0, 0.05) is 42.9 Å². The lowest BCUT2D eigenvalue weighted by molar-refractivity contribution is 0.313. The Kier molecular flexibility index (Phi) is 4.69. The van der Waals surface area contributed by atoms with E-state index in [0.717, 1.165) is 48.3 Å². The highest BCUT2D eigenvalue weighted by Gasteiger charge is 2.17. The Morgan fingerprint density at radius 2 is 1.96 bits per heavy atom. The van der Waals surface area contributed by atoms with Gasteiger partial charge in [-0.3, -0.25) is 4.98 Å². The molecule has 0 atom stereocenters. The van der Waals surface area contributed by atoms with Crippen LogP contribution >= 0.6 is 11.3 Å². The second-order valence-corrected chi connectivity index (χ2v) is 8.02. The Bertz CT molecular complexity index is 897. The van der Waals surface area contributed by atoms with Gasteiger partial charge in [-0.15, -0.1) is 11.3 Å². The molecule has 1 aliphatic rings. The van der Waals surface area contributed by atoms with E-state index in [9.17, 15) is 0 Å². The molecule has 0 unspecified atom stereocenters.